The van der Waals surface area contributed by atoms with Gasteiger partial charge in [0, 0.05) is 0 Å². The number of nitrogens with zero attached hydrogens (tertiary/aromatic N) is 1. The standard InChI is InChI=1S/C18H21NO5S2/c1-5-23-13-7-6-12(8-14(13)22-4)9-15-17(21)19(18(25)26-15)10-16(20)24-11(2)3/h6-9,11H,5,10H2,1-4H3. The molecule has 1 saturated heterocycles. The Balaban J connectivity index is 2.18. The summed E-state index contributed by atoms with van der Waals surface area (Å²) in [7, 11) is 1.56. The molecule has 0 atom stereocenters. The van der Waals surface area contributed by atoms with Gasteiger partial charge in [-0.2, -0.15) is 0 Å². The third-order valence-electron chi connectivity index (χ3n) is 3.31. The normalized spacial score (nSPS) is 15.7. The smallest absolute Gasteiger partial charge is 0.326 e. The fraction of sp³-hybridized carbons (Fsp3) is 0.389. The van der Waals surface area contributed by atoms with Crippen LogP contribution in [0.15, 0.2) is 23.1 Å². The predicted octanol–water partition coefficient (Wildman–Crippen LogP) is 3.25. The van der Waals surface area contributed by atoms with Crippen LogP contribution in [0.2, 0.25) is 0 Å². The molecule has 1 aromatic carbocycles. The number of amides is 1. The monoisotopic (exact) mass is 395 g/mol. The number of rotatable bonds is 7. The van der Waals surface area contributed by atoms with Gasteiger partial charge in [0.25, 0.3) is 5.91 Å². The van der Waals surface area contributed by atoms with E-state index in [9.17, 15) is 9.59 Å². The molecule has 1 amide bonds. The van der Waals surface area contributed by atoms with Crippen molar-refractivity contribution in [1.82, 2.24) is 4.90 Å². The summed E-state index contributed by atoms with van der Waals surface area (Å²) >= 11 is 6.38. The van der Waals surface area contributed by atoms with Gasteiger partial charge in [0.2, 0.25) is 0 Å². The van der Waals surface area contributed by atoms with E-state index in [0.29, 0.717) is 27.3 Å². The zero-order valence-corrected chi connectivity index (χ0v) is 16.7. The highest BCUT2D eigenvalue weighted by atomic mass is 32.2. The first-order valence-electron chi connectivity index (χ1n) is 8.11. The van der Waals surface area contributed by atoms with Crippen LogP contribution in [0.4, 0.5) is 0 Å². The molecule has 1 aliphatic rings. The molecule has 0 saturated carbocycles. The summed E-state index contributed by atoms with van der Waals surface area (Å²) in [6, 6.07) is 5.40. The van der Waals surface area contributed by atoms with E-state index in [1.54, 1.807) is 39.2 Å². The highest BCUT2D eigenvalue weighted by Gasteiger charge is 2.34. The summed E-state index contributed by atoms with van der Waals surface area (Å²) in [5, 5.41) is 0. The van der Waals surface area contributed by atoms with Gasteiger partial charge in [0.15, 0.2) is 11.5 Å². The zero-order chi connectivity index (χ0) is 19.3. The Labute approximate surface area is 162 Å². The average Bonchev–Trinajstić information content (AvgIpc) is 2.83. The van der Waals surface area contributed by atoms with E-state index >= 15 is 0 Å². The summed E-state index contributed by atoms with van der Waals surface area (Å²) in [5.74, 6) is 0.418. The number of ether oxygens (including phenoxy) is 3. The molecule has 0 bridgehead atoms. The van der Waals surface area contributed by atoms with E-state index in [2.05, 4.69) is 0 Å². The highest BCUT2D eigenvalue weighted by Crippen LogP contribution is 2.34. The maximum absolute atomic E-state index is 12.6. The molecule has 6 nitrogen and oxygen atoms in total. The summed E-state index contributed by atoms with van der Waals surface area (Å²) < 4.78 is 16.2. The molecule has 1 heterocycles. The van der Waals surface area contributed by atoms with Gasteiger partial charge in [-0.15, -0.1) is 0 Å². The van der Waals surface area contributed by atoms with Crippen LogP contribution < -0.4 is 9.47 Å². The van der Waals surface area contributed by atoms with Gasteiger partial charge in [-0.05, 0) is 44.5 Å². The Bertz CT molecular complexity index is 745. The zero-order valence-electron chi connectivity index (χ0n) is 15.1. The first kappa shape index (κ1) is 20.3. The van der Waals surface area contributed by atoms with Gasteiger partial charge in [0.1, 0.15) is 10.9 Å². The quantitative estimate of drug-likeness (QED) is 0.399. The molecule has 0 aromatic heterocycles. The third kappa shape index (κ3) is 4.98. The fourth-order valence-corrected chi connectivity index (χ4v) is 3.52. The van der Waals surface area contributed by atoms with E-state index in [4.69, 9.17) is 26.4 Å². The van der Waals surface area contributed by atoms with Crippen LogP contribution in [0.3, 0.4) is 0 Å². The molecule has 0 N–H and O–H groups in total. The number of methoxy groups -OCH3 is 1. The average molecular weight is 396 g/mol. The number of thiocarbonyl (C=S) groups is 1. The number of hydrogen-bond acceptors (Lipinski definition) is 7. The molecule has 1 aliphatic heterocycles. The van der Waals surface area contributed by atoms with Crippen molar-refractivity contribution >= 4 is 46.3 Å². The van der Waals surface area contributed by atoms with Crippen LogP contribution in [0.1, 0.15) is 26.3 Å². The predicted molar refractivity (Wildman–Crippen MR) is 105 cm³/mol. The first-order valence-corrected chi connectivity index (χ1v) is 9.33. The molecule has 0 spiro atoms. The molecule has 1 fully saturated rings. The minimum Gasteiger partial charge on any atom is -0.493 e. The number of esters is 1. The summed E-state index contributed by atoms with van der Waals surface area (Å²) in [6.45, 7) is 5.74. The van der Waals surface area contributed by atoms with Crippen molar-refractivity contribution in [3.63, 3.8) is 0 Å². The lowest BCUT2D eigenvalue weighted by Gasteiger charge is -2.14. The third-order valence-corrected chi connectivity index (χ3v) is 4.69. The van der Waals surface area contributed by atoms with E-state index < -0.39 is 5.97 Å². The SMILES string of the molecule is CCOc1ccc(C=C2SC(=S)N(CC(=O)OC(C)C)C2=O)cc1OC. The van der Waals surface area contributed by atoms with Crippen molar-refractivity contribution in [1.29, 1.82) is 0 Å². The van der Waals surface area contributed by atoms with Crippen LogP contribution in [0.5, 0.6) is 11.5 Å². The molecule has 0 aliphatic carbocycles. The first-order chi connectivity index (χ1) is 12.3. The van der Waals surface area contributed by atoms with Crippen LogP contribution in [0.25, 0.3) is 6.08 Å². The molecule has 2 rings (SSSR count). The van der Waals surface area contributed by atoms with E-state index in [0.717, 1.165) is 17.3 Å². The van der Waals surface area contributed by atoms with E-state index in [1.165, 1.54) is 4.90 Å². The van der Waals surface area contributed by atoms with Crippen molar-refractivity contribution in [2.45, 2.75) is 26.9 Å². The van der Waals surface area contributed by atoms with E-state index in [1.807, 2.05) is 13.0 Å². The fourth-order valence-electron chi connectivity index (χ4n) is 2.27. The van der Waals surface area contributed by atoms with Gasteiger partial charge in [-0.3, -0.25) is 14.5 Å². The van der Waals surface area contributed by atoms with Crippen molar-refractivity contribution < 1.29 is 23.8 Å². The number of carbonyl (C=O) groups excluding carboxylic acids is 2. The second-order valence-corrected chi connectivity index (χ2v) is 7.33. The van der Waals surface area contributed by atoms with Crippen LogP contribution in [-0.4, -0.2) is 47.5 Å². The molecule has 8 heteroatoms. The largest absolute Gasteiger partial charge is 0.493 e. The van der Waals surface area contributed by atoms with Gasteiger partial charge in [-0.1, -0.05) is 30.0 Å². The molecular weight excluding hydrogens is 374 g/mol. The molecule has 26 heavy (non-hydrogen) atoms. The Morgan fingerprint density at radius 1 is 1.35 bits per heavy atom. The topological polar surface area (TPSA) is 65.1 Å². The van der Waals surface area contributed by atoms with Crippen molar-refractivity contribution in [2.24, 2.45) is 0 Å². The molecule has 1 aromatic rings. The molecule has 140 valence electrons. The Hall–Kier alpha value is -2.06. The maximum Gasteiger partial charge on any atom is 0.326 e. The van der Waals surface area contributed by atoms with Crippen molar-refractivity contribution in [3.8, 4) is 11.5 Å². The second kappa shape index (κ2) is 9.05. The Morgan fingerprint density at radius 3 is 2.69 bits per heavy atom. The van der Waals surface area contributed by atoms with Crippen LogP contribution in [0, 0.1) is 0 Å². The molecule has 0 unspecified atom stereocenters. The van der Waals surface area contributed by atoms with Crippen LogP contribution >= 0.6 is 24.0 Å². The van der Waals surface area contributed by atoms with Crippen molar-refractivity contribution in [2.75, 3.05) is 20.3 Å². The van der Waals surface area contributed by atoms with Gasteiger partial charge < -0.3 is 14.2 Å². The van der Waals surface area contributed by atoms with Gasteiger partial charge >= 0.3 is 5.97 Å². The Kier molecular flexibility index (Phi) is 7.05. The second-order valence-electron chi connectivity index (χ2n) is 5.65. The van der Waals surface area contributed by atoms with Crippen LogP contribution in [-0.2, 0) is 14.3 Å². The number of benzene rings is 1. The van der Waals surface area contributed by atoms with Gasteiger partial charge in [-0.25, -0.2) is 0 Å². The molecule has 0 radical (unpaired) electrons. The lowest BCUT2D eigenvalue weighted by atomic mass is 10.2. The lowest BCUT2D eigenvalue weighted by molar-refractivity contribution is -0.149. The number of carbonyl (C=O) groups is 2. The number of hydrogen-bond donors (Lipinski definition) is 0. The maximum atomic E-state index is 12.6. The summed E-state index contributed by atoms with van der Waals surface area (Å²) in [6.07, 6.45) is 1.47. The Morgan fingerprint density at radius 2 is 2.08 bits per heavy atom. The summed E-state index contributed by atoms with van der Waals surface area (Å²) in [4.78, 5) is 26.1. The molecular formula is C18H21NO5S2. The minimum atomic E-state index is -0.486. The highest BCUT2D eigenvalue weighted by molar-refractivity contribution is 8.26. The summed E-state index contributed by atoms with van der Waals surface area (Å²) in [5.41, 5.74) is 0.774. The van der Waals surface area contributed by atoms with Gasteiger partial charge in [0.05, 0.1) is 24.7 Å². The van der Waals surface area contributed by atoms with E-state index in [-0.39, 0.29) is 18.6 Å². The minimum absolute atomic E-state index is 0.188. The number of thioether (sulfide) groups is 1. The lowest BCUT2D eigenvalue weighted by Crippen LogP contribution is -2.35. The van der Waals surface area contributed by atoms with Crippen molar-refractivity contribution in [3.05, 3.63) is 28.7 Å².